The topological polar surface area (TPSA) is 109 Å². The van der Waals surface area contributed by atoms with Crippen LogP contribution in [0.5, 0.6) is 5.75 Å². The molecule has 1 aromatic heterocycles. The van der Waals surface area contributed by atoms with Crippen LogP contribution in [0.3, 0.4) is 0 Å². The molecule has 0 aliphatic heterocycles. The highest BCUT2D eigenvalue weighted by atomic mass is 16.5. The van der Waals surface area contributed by atoms with E-state index in [-0.39, 0.29) is 18.9 Å². The summed E-state index contributed by atoms with van der Waals surface area (Å²) in [5.74, 6) is -0.120. The summed E-state index contributed by atoms with van der Waals surface area (Å²) in [4.78, 5) is 23.9. The molecule has 2 amide bonds. The van der Waals surface area contributed by atoms with Crippen molar-refractivity contribution in [3.8, 4) is 11.8 Å². The minimum atomic E-state index is -0.436. The molecule has 29 heavy (non-hydrogen) atoms. The van der Waals surface area contributed by atoms with Crippen molar-refractivity contribution in [2.24, 2.45) is 0 Å². The molecule has 0 spiro atoms. The van der Waals surface area contributed by atoms with Gasteiger partial charge in [0.2, 0.25) is 5.91 Å². The van der Waals surface area contributed by atoms with Gasteiger partial charge in [-0.25, -0.2) is 0 Å². The molecule has 0 unspecified atom stereocenters. The Kier molecular flexibility index (Phi) is 7.78. The Balaban J connectivity index is 1.76. The largest absolute Gasteiger partial charge is 0.484 e. The van der Waals surface area contributed by atoms with E-state index < -0.39 is 5.91 Å². The molecule has 8 nitrogen and oxygen atoms in total. The van der Waals surface area contributed by atoms with Crippen LogP contribution in [0.1, 0.15) is 40.9 Å². The van der Waals surface area contributed by atoms with E-state index >= 15 is 0 Å². The fourth-order valence-corrected chi connectivity index (χ4v) is 3.11. The first-order valence-corrected chi connectivity index (χ1v) is 9.48. The van der Waals surface area contributed by atoms with Crippen LogP contribution in [-0.2, 0) is 22.6 Å². The molecule has 0 aliphatic carbocycles. The summed E-state index contributed by atoms with van der Waals surface area (Å²) in [6, 6.07) is 7.81. The van der Waals surface area contributed by atoms with Crippen molar-refractivity contribution in [1.29, 1.82) is 5.26 Å². The molecule has 0 fully saturated rings. The number of ether oxygens (including phenoxy) is 1. The predicted octanol–water partition coefficient (Wildman–Crippen LogP) is 2.19. The third kappa shape index (κ3) is 6.64. The van der Waals surface area contributed by atoms with Gasteiger partial charge in [0.25, 0.3) is 5.91 Å². The van der Waals surface area contributed by atoms with E-state index in [4.69, 9.17) is 10.00 Å². The van der Waals surface area contributed by atoms with E-state index in [0.29, 0.717) is 25.1 Å². The second-order valence-electron chi connectivity index (χ2n) is 6.99. The van der Waals surface area contributed by atoms with E-state index in [2.05, 4.69) is 22.0 Å². The van der Waals surface area contributed by atoms with Crippen LogP contribution in [-0.4, -0.2) is 28.2 Å². The molecular formula is C21H27N5O3. The average Bonchev–Trinajstić information content (AvgIpc) is 2.93. The van der Waals surface area contributed by atoms with Gasteiger partial charge in [-0.1, -0.05) is 6.07 Å². The molecule has 1 heterocycles. The van der Waals surface area contributed by atoms with Crippen LogP contribution in [0.15, 0.2) is 18.2 Å². The normalized spacial score (nSPS) is 10.3. The fraction of sp³-hybridized carbons (Fsp3) is 0.429. The van der Waals surface area contributed by atoms with Gasteiger partial charge in [-0.3, -0.25) is 25.1 Å². The first-order valence-electron chi connectivity index (χ1n) is 9.48. The number of nitrogens with one attached hydrogen (secondary N) is 2. The minimum Gasteiger partial charge on any atom is -0.484 e. The van der Waals surface area contributed by atoms with Crippen LogP contribution in [0, 0.1) is 39.0 Å². The number of benzene rings is 1. The molecule has 0 radical (unpaired) electrons. The van der Waals surface area contributed by atoms with Crippen molar-refractivity contribution < 1.29 is 14.3 Å². The summed E-state index contributed by atoms with van der Waals surface area (Å²) >= 11 is 0. The third-order valence-corrected chi connectivity index (χ3v) is 4.48. The Labute approximate surface area is 170 Å². The lowest BCUT2D eigenvalue weighted by Gasteiger charge is -2.10. The summed E-state index contributed by atoms with van der Waals surface area (Å²) in [7, 11) is 0. The van der Waals surface area contributed by atoms with E-state index in [0.717, 1.165) is 28.1 Å². The zero-order valence-corrected chi connectivity index (χ0v) is 17.3. The number of carbonyl (C=O) groups is 2. The van der Waals surface area contributed by atoms with Gasteiger partial charge in [-0.2, -0.15) is 10.4 Å². The lowest BCUT2D eigenvalue weighted by atomic mass is 10.1. The van der Waals surface area contributed by atoms with Gasteiger partial charge in [0.05, 0.1) is 24.7 Å². The summed E-state index contributed by atoms with van der Waals surface area (Å²) in [6.45, 7) is 8.07. The highest BCUT2D eigenvalue weighted by Gasteiger charge is 2.13. The molecule has 0 bridgehead atoms. The van der Waals surface area contributed by atoms with Crippen molar-refractivity contribution in [3.05, 3.63) is 46.3 Å². The Bertz CT molecular complexity index is 907. The quantitative estimate of drug-likeness (QED) is 0.664. The molecule has 0 atom stereocenters. The van der Waals surface area contributed by atoms with Crippen molar-refractivity contribution in [3.63, 3.8) is 0 Å². The number of rotatable bonds is 8. The zero-order valence-electron chi connectivity index (χ0n) is 17.3. The van der Waals surface area contributed by atoms with Crippen LogP contribution in [0.4, 0.5) is 0 Å². The molecule has 8 heteroatoms. The van der Waals surface area contributed by atoms with Gasteiger partial charge in [-0.15, -0.1) is 0 Å². The van der Waals surface area contributed by atoms with Crippen LogP contribution in [0.25, 0.3) is 0 Å². The summed E-state index contributed by atoms with van der Waals surface area (Å²) < 4.78 is 7.25. The van der Waals surface area contributed by atoms with Gasteiger partial charge >= 0.3 is 0 Å². The molecule has 154 valence electrons. The number of amides is 2. The number of carbonyl (C=O) groups excluding carboxylic acids is 2. The van der Waals surface area contributed by atoms with E-state index in [1.165, 1.54) is 0 Å². The molecule has 0 saturated heterocycles. The van der Waals surface area contributed by atoms with E-state index in [9.17, 15) is 9.59 Å². The lowest BCUT2D eigenvalue weighted by molar-refractivity contribution is -0.130. The van der Waals surface area contributed by atoms with Crippen LogP contribution < -0.4 is 15.6 Å². The summed E-state index contributed by atoms with van der Waals surface area (Å²) in [5, 5.41) is 13.1. The van der Waals surface area contributed by atoms with Crippen molar-refractivity contribution >= 4 is 11.8 Å². The Morgan fingerprint density at radius 1 is 1.10 bits per heavy atom. The van der Waals surface area contributed by atoms with Gasteiger partial charge in [-0.05, 0) is 62.9 Å². The maximum atomic E-state index is 12.0. The van der Waals surface area contributed by atoms with Gasteiger partial charge in [0.1, 0.15) is 5.75 Å². The lowest BCUT2D eigenvalue weighted by Crippen LogP contribution is -2.43. The minimum absolute atomic E-state index is 0.187. The Hall–Kier alpha value is -3.34. The van der Waals surface area contributed by atoms with Crippen molar-refractivity contribution in [1.82, 2.24) is 20.6 Å². The third-order valence-electron chi connectivity index (χ3n) is 4.48. The fourth-order valence-electron chi connectivity index (χ4n) is 3.11. The maximum Gasteiger partial charge on any atom is 0.276 e. The number of nitriles is 1. The highest BCUT2D eigenvalue weighted by molar-refractivity contribution is 5.82. The number of hydrazine groups is 1. The first kappa shape index (κ1) is 22.0. The van der Waals surface area contributed by atoms with Gasteiger partial charge in [0, 0.05) is 12.1 Å². The highest BCUT2D eigenvalue weighted by Crippen LogP contribution is 2.16. The number of aromatic nitrogens is 2. The van der Waals surface area contributed by atoms with Crippen LogP contribution in [0.2, 0.25) is 0 Å². The van der Waals surface area contributed by atoms with Gasteiger partial charge < -0.3 is 4.74 Å². The van der Waals surface area contributed by atoms with Crippen molar-refractivity contribution in [2.45, 2.75) is 53.5 Å². The smallest absolute Gasteiger partial charge is 0.276 e. The second kappa shape index (κ2) is 10.3. The molecule has 2 rings (SSSR count). The molecule has 1 aromatic carbocycles. The molecule has 2 N–H and O–H groups in total. The number of aryl methyl sites for hydroxylation is 4. The maximum absolute atomic E-state index is 12.0. The van der Waals surface area contributed by atoms with Gasteiger partial charge in [0.15, 0.2) is 6.61 Å². The number of nitrogens with zero attached hydrogens (tertiary/aromatic N) is 3. The van der Waals surface area contributed by atoms with E-state index in [1.807, 2.05) is 45.9 Å². The average molecular weight is 397 g/mol. The monoisotopic (exact) mass is 397 g/mol. The standard InChI is InChI=1S/C21H27N5O3/c1-14-10-15(2)12-18(11-14)29-13-21(28)24-23-20(27)7-6-19-16(3)25-26(17(19)4)9-5-8-22/h10-12H,5-7,9,13H2,1-4H3,(H,23,27)(H,24,28). The Morgan fingerprint density at radius 2 is 1.76 bits per heavy atom. The number of hydrogen-bond acceptors (Lipinski definition) is 5. The summed E-state index contributed by atoms with van der Waals surface area (Å²) in [6.07, 6.45) is 1.10. The number of hydrogen-bond donors (Lipinski definition) is 2. The van der Waals surface area contributed by atoms with Crippen LogP contribution >= 0.6 is 0 Å². The summed E-state index contributed by atoms with van der Waals surface area (Å²) in [5.41, 5.74) is 9.66. The zero-order chi connectivity index (χ0) is 21.4. The molecule has 2 aromatic rings. The van der Waals surface area contributed by atoms with Crippen molar-refractivity contribution in [2.75, 3.05) is 6.61 Å². The predicted molar refractivity (Wildman–Crippen MR) is 108 cm³/mol. The SMILES string of the molecule is Cc1cc(C)cc(OCC(=O)NNC(=O)CCc2c(C)nn(CCC#N)c2C)c1. The molecular weight excluding hydrogens is 370 g/mol. The Morgan fingerprint density at radius 3 is 2.41 bits per heavy atom. The molecule has 0 aliphatic rings. The second-order valence-corrected chi connectivity index (χ2v) is 6.99. The molecule has 0 saturated carbocycles. The van der Waals surface area contributed by atoms with E-state index in [1.54, 1.807) is 4.68 Å². The first-order chi connectivity index (χ1) is 13.8.